The van der Waals surface area contributed by atoms with Crippen LogP contribution in [0, 0.1) is 35.2 Å². The van der Waals surface area contributed by atoms with Crippen LogP contribution in [0.5, 0.6) is 0 Å². The molecule has 2 N–H and O–H groups in total. The van der Waals surface area contributed by atoms with Crippen LogP contribution in [0.1, 0.15) is 36.0 Å². The van der Waals surface area contributed by atoms with E-state index in [1.54, 1.807) is 0 Å². The Balaban J connectivity index is 1.54. The average Bonchev–Trinajstić information content (AvgIpc) is 3.12. The van der Waals surface area contributed by atoms with Gasteiger partial charge in [0, 0.05) is 30.4 Å². The van der Waals surface area contributed by atoms with Gasteiger partial charge in [-0.3, -0.25) is 4.79 Å². The van der Waals surface area contributed by atoms with Gasteiger partial charge in [-0.2, -0.15) is 0 Å². The van der Waals surface area contributed by atoms with Crippen LogP contribution in [0.4, 0.5) is 23.7 Å². The Morgan fingerprint density at radius 1 is 1.06 bits per heavy atom. The predicted molar refractivity (Wildman–Crippen MR) is 126 cm³/mol. The van der Waals surface area contributed by atoms with Crippen molar-refractivity contribution in [1.29, 1.82) is 0 Å². The van der Waals surface area contributed by atoms with Gasteiger partial charge in [0.2, 0.25) is 0 Å². The maximum absolute atomic E-state index is 13.7. The van der Waals surface area contributed by atoms with E-state index in [4.69, 9.17) is 16.3 Å². The largest absolute Gasteiger partial charge is 0.449 e. The highest BCUT2D eigenvalue weighted by molar-refractivity contribution is 7.92. The van der Waals surface area contributed by atoms with Gasteiger partial charge in [-0.25, -0.2) is 26.4 Å². The first-order valence-electron chi connectivity index (χ1n) is 11.3. The number of benzene rings is 2. The van der Waals surface area contributed by atoms with Crippen LogP contribution in [0.15, 0.2) is 35.2 Å². The summed E-state index contributed by atoms with van der Waals surface area (Å²) in [6, 6.07) is 4.94. The number of hydrogen-bond donors (Lipinski definition) is 2. The van der Waals surface area contributed by atoms with Crippen LogP contribution in [0.2, 0.25) is 5.02 Å². The maximum Gasteiger partial charge on any atom is 0.406 e. The summed E-state index contributed by atoms with van der Waals surface area (Å²) in [4.78, 5) is 23.9. The van der Waals surface area contributed by atoms with E-state index in [1.807, 2.05) is 0 Å². The number of alkyl carbamates (subject to hydrolysis) is 1. The summed E-state index contributed by atoms with van der Waals surface area (Å²) in [6.45, 7) is 0.209. The molecule has 4 rings (SSSR count). The lowest BCUT2D eigenvalue weighted by atomic mass is 9.81. The zero-order valence-electron chi connectivity index (χ0n) is 19.2. The van der Waals surface area contributed by atoms with E-state index in [0.717, 1.165) is 6.07 Å². The van der Waals surface area contributed by atoms with Crippen LogP contribution in [-0.4, -0.2) is 39.3 Å². The number of carbonyl (C=O) groups excluding carboxylic acids is 2. The van der Waals surface area contributed by atoms with Gasteiger partial charge in [-0.05, 0) is 61.6 Å². The SMILES string of the molecule is CNC(=O)OCC1CC2CCC(C1)C2S(=O)(=O)c1cc(C(=O)Nc2cc(F)c(F)c(F)c2)ccc1Cl. The standard InChI is InChI=1S/C24H24ClF3N2O5S/c1-29-24(32)35-11-12-6-13-2-3-14(7-12)22(13)36(33,34)20-8-15(4-5-17(20)25)23(31)30-16-9-18(26)21(28)19(27)10-16/h4-5,8-10,12-14,22H,2-3,6-7,11H2,1H3,(H,29,32)(H,30,31). The summed E-state index contributed by atoms with van der Waals surface area (Å²) in [5.74, 6) is -5.70. The lowest BCUT2D eigenvalue weighted by Crippen LogP contribution is -2.39. The molecule has 2 aliphatic carbocycles. The lowest BCUT2D eigenvalue weighted by molar-refractivity contribution is 0.102. The third-order valence-corrected chi connectivity index (χ3v) is 9.74. The van der Waals surface area contributed by atoms with Gasteiger partial charge in [0.1, 0.15) is 0 Å². The molecule has 2 aromatic rings. The smallest absolute Gasteiger partial charge is 0.406 e. The molecule has 2 aliphatic rings. The molecule has 36 heavy (non-hydrogen) atoms. The van der Waals surface area contributed by atoms with Gasteiger partial charge < -0.3 is 15.4 Å². The molecule has 12 heteroatoms. The van der Waals surface area contributed by atoms with Gasteiger partial charge in [-0.1, -0.05) is 11.6 Å². The Morgan fingerprint density at radius 2 is 1.67 bits per heavy atom. The van der Waals surface area contributed by atoms with Crippen molar-refractivity contribution in [2.24, 2.45) is 17.8 Å². The molecule has 2 amide bonds. The summed E-state index contributed by atoms with van der Waals surface area (Å²) in [7, 11) is -2.48. The summed E-state index contributed by atoms with van der Waals surface area (Å²) in [6.07, 6.45) is 2.05. The zero-order chi connectivity index (χ0) is 26.2. The van der Waals surface area contributed by atoms with Crippen molar-refractivity contribution < 1.29 is 35.9 Å². The molecule has 0 heterocycles. The van der Waals surface area contributed by atoms with Crippen molar-refractivity contribution in [3.8, 4) is 0 Å². The fourth-order valence-electron chi connectivity index (χ4n) is 5.35. The monoisotopic (exact) mass is 544 g/mol. The fourth-order valence-corrected chi connectivity index (χ4v) is 8.22. The van der Waals surface area contributed by atoms with Gasteiger partial charge in [0.05, 0.1) is 21.8 Å². The molecule has 2 aromatic carbocycles. The van der Waals surface area contributed by atoms with Crippen LogP contribution >= 0.6 is 11.6 Å². The zero-order valence-corrected chi connectivity index (χ0v) is 20.8. The van der Waals surface area contributed by atoms with E-state index in [1.165, 1.54) is 19.2 Å². The summed E-state index contributed by atoms with van der Waals surface area (Å²) >= 11 is 6.25. The number of amides is 2. The van der Waals surface area contributed by atoms with Crippen LogP contribution in [0.25, 0.3) is 0 Å². The predicted octanol–water partition coefficient (Wildman–Crippen LogP) is 4.94. The molecule has 2 atom stereocenters. The summed E-state index contributed by atoms with van der Waals surface area (Å²) in [5.41, 5.74) is -0.422. The van der Waals surface area contributed by atoms with E-state index in [-0.39, 0.29) is 45.5 Å². The molecular weight excluding hydrogens is 521 g/mol. The second-order valence-electron chi connectivity index (χ2n) is 9.15. The number of ether oxygens (including phenoxy) is 1. The molecule has 2 bridgehead atoms. The molecule has 0 spiro atoms. The van der Waals surface area contributed by atoms with Crippen molar-refractivity contribution in [1.82, 2.24) is 5.32 Å². The van der Waals surface area contributed by atoms with Gasteiger partial charge >= 0.3 is 6.09 Å². The molecule has 2 unspecified atom stereocenters. The number of carbonyl (C=O) groups is 2. The lowest BCUT2D eigenvalue weighted by Gasteiger charge is -2.34. The topological polar surface area (TPSA) is 102 Å². The second-order valence-corrected chi connectivity index (χ2v) is 11.6. The van der Waals surface area contributed by atoms with Gasteiger partial charge in [0.25, 0.3) is 5.91 Å². The highest BCUT2D eigenvalue weighted by Gasteiger charge is 2.50. The first-order chi connectivity index (χ1) is 17.0. The highest BCUT2D eigenvalue weighted by Crippen LogP contribution is 2.50. The number of halogens is 4. The highest BCUT2D eigenvalue weighted by atomic mass is 35.5. The van der Waals surface area contributed by atoms with Crippen molar-refractivity contribution in [3.05, 3.63) is 58.4 Å². The number of rotatable bonds is 6. The minimum Gasteiger partial charge on any atom is -0.449 e. The fraction of sp³-hybridized carbons (Fsp3) is 0.417. The maximum atomic E-state index is 13.7. The van der Waals surface area contributed by atoms with E-state index in [2.05, 4.69) is 10.6 Å². The Morgan fingerprint density at radius 3 is 2.25 bits per heavy atom. The third-order valence-electron chi connectivity index (χ3n) is 6.86. The molecule has 2 fully saturated rings. The average molecular weight is 545 g/mol. The van der Waals surface area contributed by atoms with Gasteiger partial charge in [-0.15, -0.1) is 0 Å². The molecule has 194 valence electrons. The normalized spacial score (nSPS) is 23.2. The molecule has 0 saturated heterocycles. The Kier molecular flexibility index (Phi) is 7.51. The summed E-state index contributed by atoms with van der Waals surface area (Å²) in [5, 5.41) is 3.88. The number of fused-ring (bicyclic) bond motifs is 2. The Hall–Kier alpha value is -2.79. The molecule has 0 radical (unpaired) electrons. The van der Waals surface area contributed by atoms with E-state index in [9.17, 15) is 31.2 Å². The first-order valence-corrected chi connectivity index (χ1v) is 13.3. The molecule has 0 aliphatic heterocycles. The number of nitrogens with one attached hydrogen (secondary N) is 2. The van der Waals surface area contributed by atoms with Crippen LogP contribution in [0.3, 0.4) is 0 Å². The van der Waals surface area contributed by atoms with Gasteiger partial charge in [0.15, 0.2) is 27.3 Å². The van der Waals surface area contributed by atoms with E-state index >= 15 is 0 Å². The minimum absolute atomic E-state index is 0.0464. The number of hydrogen-bond acceptors (Lipinski definition) is 5. The van der Waals surface area contributed by atoms with E-state index in [0.29, 0.717) is 37.8 Å². The molecule has 2 saturated carbocycles. The van der Waals surface area contributed by atoms with Crippen molar-refractivity contribution in [3.63, 3.8) is 0 Å². The second kappa shape index (κ2) is 10.3. The van der Waals surface area contributed by atoms with Crippen LogP contribution in [-0.2, 0) is 14.6 Å². The Labute approximate surface area is 211 Å². The van der Waals surface area contributed by atoms with Crippen molar-refractivity contribution in [2.45, 2.75) is 35.8 Å². The van der Waals surface area contributed by atoms with Crippen molar-refractivity contribution >= 4 is 39.1 Å². The molecule has 7 nitrogen and oxygen atoms in total. The van der Waals surface area contributed by atoms with Crippen LogP contribution < -0.4 is 10.6 Å². The number of anilines is 1. The summed E-state index contributed by atoms with van der Waals surface area (Å²) < 4.78 is 72.7. The van der Waals surface area contributed by atoms with E-state index < -0.39 is 44.5 Å². The minimum atomic E-state index is -3.94. The van der Waals surface area contributed by atoms with Crippen molar-refractivity contribution in [2.75, 3.05) is 19.0 Å². The quantitative estimate of drug-likeness (QED) is 0.501. The third kappa shape index (κ3) is 5.17. The number of sulfone groups is 1. The molecule has 0 aromatic heterocycles. The first kappa shape index (κ1) is 26.3. The molecular formula is C24H24ClF3N2O5S. The Bertz CT molecular complexity index is 1270.